The molecule has 2 heterocycles. The Labute approximate surface area is 184 Å². The number of carbonyl (C=O) groups is 1. The van der Waals surface area contributed by atoms with Crippen molar-refractivity contribution in [3.05, 3.63) is 60.8 Å². The van der Waals surface area contributed by atoms with Crippen molar-refractivity contribution < 1.29 is 19.0 Å². The van der Waals surface area contributed by atoms with Crippen molar-refractivity contribution in [1.82, 2.24) is 20.3 Å². The van der Waals surface area contributed by atoms with Gasteiger partial charge in [-0.05, 0) is 35.9 Å². The highest BCUT2D eigenvalue weighted by Crippen LogP contribution is 2.31. The summed E-state index contributed by atoms with van der Waals surface area (Å²) in [6, 6.07) is 16.6. The summed E-state index contributed by atoms with van der Waals surface area (Å²) in [6.07, 6.45) is 1.71. The average molecular weight is 433 g/mol. The van der Waals surface area contributed by atoms with Gasteiger partial charge in [0.25, 0.3) is 5.88 Å². The Morgan fingerprint density at radius 2 is 1.88 bits per heavy atom. The summed E-state index contributed by atoms with van der Waals surface area (Å²) < 4.78 is 16.1. The molecule has 2 aromatic carbocycles. The first-order valence-corrected chi connectivity index (χ1v) is 9.97. The fourth-order valence-electron chi connectivity index (χ4n) is 3.14. The SMILES string of the molecule is COc1cc(-c2ccc3nc(NC(=O)NCCOc4ccccc4)[nH]c3c2)cnc1OC. The van der Waals surface area contributed by atoms with Crippen LogP contribution < -0.4 is 24.8 Å². The highest BCUT2D eigenvalue weighted by Gasteiger charge is 2.11. The van der Waals surface area contributed by atoms with E-state index >= 15 is 0 Å². The van der Waals surface area contributed by atoms with Crippen LogP contribution in [0.1, 0.15) is 0 Å². The minimum Gasteiger partial charge on any atom is -0.492 e. The van der Waals surface area contributed by atoms with E-state index in [4.69, 9.17) is 14.2 Å². The van der Waals surface area contributed by atoms with Crippen LogP contribution in [0.25, 0.3) is 22.2 Å². The third-order valence-electron chi connectivity index (χ3n) is 4.68. The molecule has 9 heteroatoms. The number of nitrogens with zero attached hydrogens (tertiary/aromatic N) is 2. The van der Waals surface area contributed by atoms with Gasteiger partial charge in [0.2, 0.25) is 5.95 Å². The van der Waals surface area contributed by atoms with Crippen LogP contribution in [0.3, 0.4) is 0 Å². The number of pyridine rings is 1. The van der Waals surface area contributed by atoms with Crippen LogP contribution in [-0.2, 0) is 0 Å². The zero-order valence-electron chi connectivity index (χ0n) is 17.7. The first-order chi connectivity index (χ1) is 15.7. The molecular formula is C23H23N5O4. The molecule has 0 aliphatic carbocycles. The molecular weight excluding hydrogens is 410 g/mol. The van der Waals surface area contributed by atoms with Crippen LogP contribution in [0, 0.1) is 0 Å². The molecule has 9 nitrogen and oxygen atoms in total. The lowest BCUT2D eigenvalue weighted by atomic mass is 10.1. The Morgan fingerprint density at radius 3 is 2.66 bits per heavy atom. The van der Waals surface area contributed by atoms with Crippen molar-refractivity contribution in [3.63, 3.8) is 0 Å². The van der Waals surface area contributed by atoms with Crippen LogP contribution >= 0.6 is 0 Å². The number of para-hydroxylation sites is 1. The van der Waals surface area contributed by atoms with Gasteiger partial charge in [0.1, 0.15) is 12.4 Å². The molecule has 2 aromatic heterocycles. The quantitative estimate of drug-likeness (QED) is 0.364. The molecule has 2 amide bonds. The zero-order valence-corrected chi connectivity index (χ0v) is 17.7. The zero-order chi connectivity index (χ0) is 22.3. The maximum Gasteiger partial charge on any atom is 0.321 e. The molecule has 0 aliphatic heterocycles. The average Bonchev–Trinajstić information content (AvgIpc) is 3.23. The number of hydrogen-bond acceptors (Lipinski definition) is 6. The van der Waals surface area contributed by atoms with Crippen molar-refractivity contribution >= 4 is 23.0 Å². The number of H-pyrrole nitrogens is 1. The number of imidazole rings is 1. The second-order valence-corrected chi connectivity index (χ2v) is 6.80. The second-order valence-electron chi connectivity index (χ2n) is 6.80. The van der Waals surface area contributed by atoms with E-state index in [1.165, 1.54) is 0 Å². The standard InChI is InChI=1S/C23H23N5O4/c1-30-20-13-16(14-25-21(20)31-2)15-8-9-18-19(12-15)27-22(26-18)28-23(29)24-10-11-32-17-6-4-3-5-7-17/h3-9,12-14H,10-11H2,1-2H3,(H3,24,26,27,28,29). The monoisotopic (exact) mass is 433 g/mol. The number of anilines is 1. The van der Waals surface area contributed by atoms with E-state index in [2.05, 4.69) is 25.6 Å². The largest absolute Gasteiger partial charge is 0.492 e. The number of aromatic amines is 1. The van der Waals surface area contributed by atoms with Crippen LogP contribution in [0.15, 0.2) is 60.8 Å². The minimum absolute atomic E-state index is 0.351. The Bertz CT molecular complexity index is 1210. The van der Waals surface area contributed by atoms with Gasteiger partial charge < -0.3 is 24.5 Å². The first-order valence-electron chi connectivity index (χ1n) is 9.97. The van der Waals surface area contributed by atoms with E-state index < -0.39 is 0 Å². The molecule has 0 saturated heterocycles. The lowest BCUT2D eigenvalue weighted by Gasteiger charge is -2.08. The number of methoxy groups -OCH3 is 2. The van der Waals surface area contributed by atoms with Gasteiger partial charge in [0.05, 0.1) is 31.8 Å². The Hall–Kier alpha value is -4.27. The number of nitrogens with one attached hydrogen (secondary N) is 3. The summed E-state index contributed by atoms with van der Waals surface area (Å²) >= 11 is 0. The summed E-state index contributed by atoms with van der Waals surface area (Å²) in [4.78, 5) is 23.9. The summed E-state index contributed by atoms with van der Waals surface area (Å²) in [7, 11) is 3.11. The maximum atomic E-state index is 12.1. The molecule has 0 bridgehead atoms. The summed E-state index contributed by atoms with van der Waals surface area (Å²) in [5.74, 6) is 2.08. The number of benzene rings is 2. The summed E-state index contributed by atoms with van der Waals surface area (Å²) in [6.45, 7) is 0.720. The lowest BCUT2D eigenvalue weighted by molar-refractivity contribution is 0.247. The third kappa shape index (κ3) is 4.89. The first kappa shape index (κ1) is 21.0. The summed E-state index contributed by atoms with van der Waals surface area (Å²) in [5, 5.41) is 5.44. The smallest absolute Gasteiger partial charge is 0.321 e. The number of urea groups is 1. The molecule has 164 valence electrons. The molecule has 0 aliphatic rings. The van der Waals surface area contributed by atoms with Gasteiger partial charge in [-0.2, -0.15) is 0 Å². The minimum atomic E-state index is -0.370. The molecule has 32 heavy (non-hydrogen) atoms. The van der Waals surface area contributed by atoms with Gasteiger partial charge in [-0.1, -0.05) is 24.3 Å². The number of aromatic nitrogens is 3. The highest BCUT2D eigenvalue weighted by molar-refractivity contribution is 5.90. The fraction of sp³-hybridized carbons (Fsp3) is 0.174. The van der Waals surface area contributed by atoms with Crippen LogP contribution in [0.5, 0.6) is 17.4 Å². The molecule has 0 fully saturated rings. The Balaban J connectivity index is 1.38. The van der Waals surface area contributed by atoms with Gasteiger partial charge in [-0.25, -0.2) is 14.8 Å². The number of amides is 2. The molecule has 0 radical (unpaired) electrons. The van der Waals surface area contributed by atoms with Crippen LogP contribution in [0.4, 0.5) is 10.7 Å². The van der Waals surface area contributed by atoms with E-state index in [1.54, 1.807) is 20.4 Å². The van der Waals surface area contributed by atoms with Crippen molar-refractivity contribution in [2.45, 2.75) is 0 Å². The predicted octanol–water partition coefficient (Wildman–Crippen LogP) is 3.84. The van der Waals surface area contributed by atoms with Gasteiger partial charge in [0, 0.05) is 11.8 Å². The molecule has 0 atom stereocenters. The highest BCUT2D eigenvalue weighted by atomic mass is 16.5. The molecule has 4 rings (SSSR count). The third-order valence-corrected chi connectivity index (χ3v) is 4.68. The number of hydrogen-bond donors (Lipinski definition) is 3. The van der Waals surface area contributed by atoms with Crippen molar-refractivity contribution in [3.8, 4) is 28.5 Å². The fourth-order valence-corrected chi connectivity index (χ4v) is 3.14. The van der Waals surface area contributed by atoms with Crippen LogP contribution in [0.2, 0.25) is 0 Å². The molecule has 4 aromatic rings. The molecule has 0 unspecified atom stereocenters. The summed E-state index contributed by atoms with van der Waals surface area (Å²) in [5.41, 5.74) is 3.29. The maximum absolute atomic E-state index is 12.1. The predicted molar refractivity (Wildman–Crippen MR) is 121 cm³/mol. The number of ether oxygens (including phenoxy) is 3. The van der Waals surface area contributed by atoms with Gasteiger partial charge in [-0.15, -0.1) is 0 Å². The lowest BCUT2D eigenvalue weighted by Crippen LogP contribution is -2.32. The van der Waals surface area contributed by atoms with E-state index in [9.17, 15) is 4.79 Å². The van der Waals surface area contributed by atoms with Gasteiger partial charge in [-0.3, -0.25) is 5.32 Å². The Morgan fingerprint density at radius 1 is 1.03 bits per heavy atom. The van der Waals surface area contributed by atoms with Crippen molar-refractivity contribution in [2.24, 2.45) is 0 Å². The molecule has 0 spiro atoms. The van der Waals surface area contributed by atoms with E-state index in [0.29, 0.717) is 30.7 Å². The van der Waals surface area contributed by atoms with E-state index in [0.717, 1.165) is 27.9 Å². The molecule has 0 saturated carbocycles. The Kier molecular flexibility index (Phi) is 6.35. The van der Waals surface area contributed by atoms with Crippen molar-refractivity contribution in [1.29, 1.82) is 0 Å². The van der Waals surface area contributed by atoms with Gasteiger partial charge >= 0.3 is 6.03 Å². The number of carbonyl (C=O) groups excluding carboxylic acids is 1. The normalized spacial score (nSPS) is 10.6. The second kappa shape index (κ2) is 9.69. The number of fused-ring (bicyclic) bond motifs is 1. The van der Waals surface area contributed by atoms with E-state index in [-0.39, 0.29) is 6.03 Å². The van der Waals surface area contributed by atoms with Crippen LogP contribution in [-0.4, -0.2) is 48.4 Å². The molecule has 3 N–H and O–H groups in total. The number of rotatable bonds is 8. The van der Waals surface area contributed by atoms with E-state index in [1.807, 2.05) is 54.6 Å². The van der Waals surface area contributed by atoms with Crippen molar-refractivity contribution in [2.75, 3.05) is 32.7 Å². The van der Waals surface area contributed by atoms with Gasteiger partial charge in [0.15, 0.2) is 5.75 Å². The topological polar surface area (TPSA) is 110 Å².